The molecular formula is C29H25N7O3. The van der Waals surface area contributed by atoms with Gasteiger partial charge < -0.3 is 24.7 Å². The lowest BCUT2D eigenvalue weighted by Gasteiger charge is -2.18. The summed E-state index contributed by atoms with van der Waals surface area (Å²) in [6.45, 7) is 4.21. The molecule has 2 N–H and O–H groups in total. The van der Waals surface area contributed by atoms with Gasteiger partial charge in [0, 0.05) is 37.1 Å². The molecule has 5 aromatic rings. The highest BCUT2D eigenvalue weighted by Crippen LogP contribution is 2.45. The van der Waals surface area contributed by atoms with Gasteiger partial charge in [0.2, 0.25) is 11.8 Å². The van der Waals surface area contributed by atoms with E-state index in [-0.39, 0.29) is 11.9 Å². The minimum absolute atomic E-state index is 0.212. The SMILES string of the molecule is C=CC(=O)Nc1ccc(-c2c3c4c(ncnc4n2C)NCCc2cc(Oc4nccc(OC)n4)ccc2-3)cc1. The molecule has 10 nitrogen and oxygen atoms in total. The van der Waals surface area contributed by atoms with Gasteiger partial charge in [-0.1, -0.05) is 24.8 Å². The van der Waals surface area contributed by atoms with Crippen molar-refractivity contribution in [2.75, 3.05) is 24.3 Å². The van der Waals surface area contributed by atoms with E-state index in [1.807, 2.05) is 43.4 Å². The number of fused-ring (bicyclic) bond motifs is 2. The third-order valence-corrected chi connectivity index (χ3v) is 6.64. The summed E-state index contributed by atoms with van der Waals surface area (Å²) >= 11 is 0. The molecule has 0 bridgehead atoms. The number of carbonyl (C=O) groups excluding carboxylic acids is 1. The number of aryl methyl sites for hydroxylation is 1. The molecular weight excluding hydrogens is 494 g/mol. The van der Waals surface area contributed by atoms with E-state index in [9.17, 15) is 4.79 Å². The van der Waals surface area contributed by atoms with Crippen molar-refractivity contribution in [3.63, 3.8) is 0 Å². The van der Waals surface area contributed by atoms with Gasteiger partial charge in [0.15, 0.2) is 0 Å². The highest BCUT2D eigenvalue weighted by Gasteiger charge is 2.26. The van der Waals surface area contributed by atoms with Crippen LogP contribution in [-0.2, 0) is 18.3 Å². The van der Waals surface area contributed by atoms with Crippen LogP contribution in [-0.4, -0.2) is 44.1 Å². The van der Waals surface area contributed by atoms with Crippen LogP contribution >= 0.6 is 0 Å². The molecule has 0 fully saturated rings. The Kier molecular flexibility index (Phi) is 6.12. The number of hydrogen-bond acceptors (Lipinski definition) is 8. The van der Waals surface area contributed by atoms with E-state index >= 15 is 0 Å². The molecule has 6 rings (SSSR count). The molecule has 0 saturated heterocycles. The Hall–Kier alpha value is -5.25. The third-order valence-electron chi connectivity index (χ3n) is 6.64. The summed E-state index contributed by atoms with van der Waals surface area (Å²) in [6.07, 6.45) is 5.17. The Bertz CT molecular complexity index is 1730. The Balaban J connectivity index is 1.49. The second-order valence-electron chi connectivity index (χ2n) is 8.95. The first-order valence-electron chi connectivity index (χ1n) is 12.3. The minimum atomic E-state index is -0.257. The summed E-state index contributed by atoms with van der Waals surface area (Å²) in [6, 6.07) is 15.6. The number of ether oxygens (including phenoxy) is 2. The fraction of sp³-hybridized carbons (Fsp3) is 0.138. The van der Waals surface area contributed by atoms with Gasteiger partial charge in [-0.3, -0.25) is 4.79 Å². The Morgan fingerprint density at radius 2 is 1.97 bits per heavy atom. The fourth-order valence-corrected chi connectivity index (χ4v) is 4.89. The topological polar surface area (TPSA) is 116 Å². The number of hydrogen-bond donors (Lipinski definition) is 2. The Labute approximate surface area is 224 Å². The van der Waals surface area contributed by atoms with E-state index in [2.05, 4.69) is 47.8 Å². The minimum Gasteiger partial charge on any atom is -0.481 e. The molecule has 0 aliphatic carbocycles. The van der Waals surface area contributed by atoms with Crippen LogP contribution in [0.5, 0.6) is 17.6 Å². The molecule has 0 atom stereocenters. The second kappa shape index (κ2) is 9.90. The third kappa shape index (κ3) is 4.42. The molecule has 1 amide bonds. The van der Waals surface area contributed by atoms with Crippen molar-refractivity contribution in [1.82, 2.24) is 24.5 Å². The summed E-state index contributed by atoms with van der Waals surface area (Å²) in [7, 11) is 3.55. The first-order valence-corrected chi connectivity index (χ1v) is 12.3. The Morgan fingerprint density at radius 1 is 1.13 bits per heavy atom. The van der Waals surface area contributed by atoms with Crippen LogP contribution in [0.2, 0.25) is 0 Å². The van der Waals surface area contributed by atoms with Gasteiger partial charge in [-0.25, -0.2) is 15.0 Å². The van der Waals surface area contributed by atoms with Gasteiger partial charge in [-0.15, -0.1) is 0 Å². The number of methoxy groups -OCH3 is 1. The average molecular weight is 520 g/mol. The van der Waals surface area contributed by atoms with Crippen LogP contribution in [0.25, 0.3) is 33.4 Å². The highest BCUT2D eigenvalue weighted by atomic mass is 16.5. The molecule has 0 saturated carbocycles. The van der Waals surface area contributed by atoms with Crippen molar-refractivity contribution in [2.45, 2.75) is 6.42 Å². The van der Waals surface area contributed by atoms with E-state index in [1.165, 1.54) is 6.08 Å². The van der Waals surface area contributed by atoms with Crippen molar-refractivity contribution >= 4 is 28.4 Å². The first kappa shape index (κ1) is 24.1. The number of rotatable bonds is 6. The van der Waals surface area contributed by atoms with Crippen LogP contribution < -0.4 is 20.1 Å². The zero-order valence-electron chi connectivity index (χ0n) is 21.4. The Morgan fingerprint density at radius 3 is 2.77 bits per heavy atom. The van der Waals surface area contributed by atoms with Gasteiger partial charge in [0.1, 0.15) is 23.5 Å². The van der Waals surface area contributed by atoms with E-state index in [0.717, 1.165) is 51.2 Å². The number of anilines is 2. The van der Waals surface area contributed by atoms with Crippen LogP contribution in [0.15, 0.2) is 73.7 Å². The number of aromatic nitrogens is 5. The number of amides is 1. The maximum Gasteiger partial charge on any atom is 0.325 e. The molecule has 0 unspecified atom stereocenters. The number of nitrogens with one attached hydrogen (secondary N) is 2. The summed E-state index contributed by atoms with van der Waals surface area (Å²) in [4.78, 5) is 29.4. The molecule has 39 heavy (non-hydrogen) atoms. The standard InChI is InChI=1S/C29H25N7O3/c1-4-22(37)34-19-7-5-17(6-8-19)26-24-21-10-9-20(39-29-31-14-12-23(35-29)38-3)15-18(21)11-13-30-27-25(24)28(36(26)2)33-16-32-27/h4-10,12,14-16H,1,11,13H2,2-3H3,(H,34,37)(H,30,32,33). The first-order chi connectivity index (χ1) is 19.1. The number of benzene rings is 2. The average Bonchev–Trinajstić information content (AvgIpc) is 3.25. The molecule has 3 aromatic heterocycles. The monoisotopic (exact) mass is 519 g/mol. The summed E-state index contributed by atoms with van der Waals surface area (Å²) in [5, 5.41) is 7.23. The van der Waals surface area contributed by atoms with Crippen LogP contribution in [0, 0.1) is 0 Å². The molecule has 194 valence electrons. The van der Waals surface area contributed by atoms with Gasteiger partial charge in [-0.2, -0.15) is 4.98 Å². The van der Waals surface area contributed by atoms with Gasteiger partial charge >= 0.3 is 6.01 Å². The number of carbonyl (C=O) groups is 1. The van der Waals surface area contributed by atoms with E-state index in [0.29, 0.717) is 23.9 Å². The predicted octanol–water partition coefficient (Wildman–Crippen LogP) is 4.99. The molecule has 4 heterocycles. The molecule has 1 aliphatic rings. The maximum absolute atomic E-state index is 11.8. The second-order valence-corrected chi connectivity index (χ2v) is 8.95. The largest absolute Gasteiger partial charge is 0.481 e. The van der Waals surface area contributed by atoms with E-state index < -0.39 is 0 Å². The maximum atomic E-state index is 11.8. The lowest BCUT2D eigenvalue weighted by atomic mass is 9.92. The van der Waals surface area contributed by atoms with Crippen LogP contribution in [0.1, 0.15) is 5.56 Å². The summed E-state index contributed by atoms with van der Waals surface area (Å²) < 4.78 is 13.3. The molecule has 1 aliphatic heterocycles. The molecule has 2 aromatic carbocycles. The van der Waals surface area contributed by atoms with E-state index in [1.54, 1.807) is 25.7 Å². The quantitative estimate of drug-likeness (QED) is 0.302. The summed E-state index contributed by atoms with van der Waals surface area (Å²) in [5.74, 6) is 1.59. The number of nitrogens with zero attached hydrogens (tertiary/aromatic N) is 5. The highest BCUT2D eigenvalue weighted by molar-refractivity contribution is 6.09. The van der Waals surface area contributed by atoms with Crippen molar-refractivity contribution in [2.24, 2.45) is 7.05 Å². The summed E-state index contributed by atoms with van der Waals surface area (Å²) in [5.41, 5.74) is 6.66. The predicted molar refractivity (Wildman–Crippen MR) is 149 cm³/mol. The van der Waals surface area contributed by atoms with Crippen molar-refractivity contribution < 1.29 is 14.3 Å². The molecule has 0 radical (unpaired) electrons. The van der Waals surface area contributed by atoms with Crippen molar-refractivity contribution in [3.8, 4) is 40.0 Å². The smallest absolute Gasteiger partial charge is 0.325 e. The fourth-order valence-electron chi connectivity index (χ4n) is 4.89. The van der Waals surface area contributed by atoms with Gasteiger partial charge in [0.05, 0.1) is 18.2 Å². The van der Waals surface area contributed by atoms with Crippen LogP contribution in [0.4, 0.5) is 11.5 Å². The lowest BCUT2D eigenvalue weighted by Crippen LogP contribution is -2.10. The normalized spacial score (nSPS) is 12.1. The van der Waals surface area contributed by atoms with Crippen molar-refractivity contribution in [3.05, 3.63) is 79.3 Å². The lowest BCUT2D eigenvalue weighted by molar-refractivity contribution is -0.111. The zero-order valence-corrected chi connectivity index (χ0v) is 21.4. The van der Waals surface area contributed by atoms with Crippen molar-refractivity contribution in [1.29, 1.82) is 0 Å². The van der Waals surface area contributed by atoms with Gasteiger partial charge in [0.25, 0.3) is 0 Å². The zero-order chi connectivity index (χ0) is 26.9. The van der Waals surface area contributed by atoms with E-state index in [4.69, 9.17) is 9.47 Å². The molecule has 0 spiro atoms. The van der Waals surface area contributed by atoms with Crippen LogP contribution in [0.3, 0.4) is 0 Å². The van der Waals surface area contributed by atoms with Gasteiger partial charge in [-0.05, 0) is 53.5 Å². The molecule has 10 heteroatoms.